The summed E-state index contributed by atoms with van der Waals surface area (Å²) in [6, 6.07) is 8.24. The fourth-order valence-electron chi connectivity index (χ4n) is 3.21. The first kappa shape index (κ1) is 23.0. The SMILES string of the molecule is CCC(=O)Nc1ccc(S(=O)(=O)N2CCCN(c3ccc(C(F)(F)F)cn3)CC2)cc1. The van der Waals surface area contributed by atoms with Crippen molar-refractivity contribution in [1.82, 2.24) is 9.29 Å². The molecule has 1 aromatic carbocycles. The van der Waals surface area contributed by atoms with Crippen LogP contribution in [-0.4, -0.2) is 49.8 Å². The minimum absolute atomic E-state index is 0.114. The van der Waals surface area contributed by atoms with Crippen molar-refractivity contribution < 1.29 is 26.4 Å². The van der Waals surface area contributed by atoms with Gasteiger partial charge in [-0.15, -0.1) is 0 Å². The lowest BCUT2D eigenvalue weighted by molar-refractivity contribution is -0.137. The van der Waals surface area contributed by atoms with Gasteiger partial charge < -0.3 is 10.2 Å². The summed E-state index contributed by atoms with van der Waals surface area (Å²) in [5, 5.41) is 2.67. The maximum absolute atomic E-state index is 13.0. The molecule has 2 aromatic rings. The Labute approximate surface area is 178 Å². The zero-order valence-electron chi connectivity index (χ0n) is 16.9. The zero-order valence-corrected chi connectivity index (χ0v) is 17.7. The molecule has 1 N–H and O–H groups in total. The third-order valence-electron chi connectivity index (χ3n) is 4.95. The molecule has 168 valence electrons. The molecule has 31 heavy (non-hydrogen) atoms. The topological polar surface area (TPSA) is 82.6 Å². The molecule has 0 aliphatic carbocycles. The number of nitrogens with one attached hydrogen (secondary N) is 1. The Morgan fingerprint density at radius 3 is 2.35 bits per heavy atom. The molecule has 1 saturated heterocycles. The molecule has 1 aliphatic heterocycles. The summed E-state index contributed by atoms with van der Waals surface area (Å²) in [6.45, 7) is 2.97. The Morgan fingerprint density at radius 2 is 1.77 bits per heavy atom. The van der Waals surface area contributed by atoms with Crippen LogP contribution in [0.25, 0.3) is 0 Å². The smallest absolute Gasteiger partial charge is 0.355 e. The molecule has 11 heteroatoms. The van der Waals surface area contributed by atoms with Crippen molar-refractivity contribution in [3.63, 3.8) is 0 Å². The van der Waals surface area contributed by atoms with Crippen molar-refractivity contribution in [2.45, 2.75) is 30.8 Å². The minimum Gasteiger partial charge on any atom is -0.355 e. The van der Waals surface area contributed by atoms with E-state index in [0.717, 1.165) is 12.3 Å². The normalized spacial score (nSPS) is 16.1. The van der Waals surface area contributed by atoms with E-state index < -0.39 is 21.8 Å². The maximum Gasteiger partial charge on any atom is 0.417 e. The first-order valence-electron chi connectivity index (χ1n) is 9.79. The molecule has 0 saturated carbocycles. The van der Waals surface area contributed by atoms with Gasteiger partial charge >= 0.3 is 6.18 Å². The van der Waals surface area contributed by atoms with Crippen molar-refractivity contribution in [3.8, 4) is 0 Å². The van der Waals surface area contributed by atoms with Crippen LogP contribution >= 0.6 is 0 Å². The van der Waals surface area contributed by atoms with Crippen molar-refractivity contribution >= 4 is 27.4 Å². The highest BCUT2D eigenvalue weighted by atomic mass is 32.2. The van der Waals surface area contributed by atoms with E-state index in [1.54, 1.807) is 11.8 Å². The number of aromatic nitrogens is 1. The quantitative estimate of drug-likeness (QED) is 0.746. The molecule has 0 unspecified atom stereocenters. The van der Waals surface area contributed by atoms with Gasteiger partial charge in [-0.1, -0.05) is 6.92 Å². The fraction of sp³-hybridized carbons (Fsp3) is 0.400. The molecule has 2 heterocycles. The number of carbonyl (C=O) groups is 1. The highest BCUT2D eigenvalue weighted by Crippen LogP contribution is 2.29. The number of amides is 1. The molecule has 7 nitrogen and oxygen atoms in total. The molecule has 0 atom stereocenters. The van der Waals surface area contributed by atoms with Crippen LogP contribution in [0.1, 0.15) is 25.3 Å². The third kappa shape index (κ3) is 5.53. The molecule has 0 bridgehead atoms. The van der Waals surface area contributed by atoms with Gasteiger partial charge in [0.2, 0.25) is 15.9 Å². The van der Waals surface area contributed by atoms with Crippen LogP contribution in [0.2, 0.25) is 0 Å². The van der Waals surface area contributed by atoms with Crippen LogP contribution in [-0.2, 0) is 21.0 Å². The summed E-state index contributed by atoms with van der Waals surface area (Å²) in [5.41, 5.74) is -0.310. The van der Waals surface area contributed by atoms with Gasteiger partial charge in [-0.05, 0) is 42.8 Å². The highest BCUT2D eigenvalue weighted by Gasteiger charge is 2.31. The van der Waals surface area contributed by atoms with Crippen LogP contribution in [0.4, 0.5) is 24.7 Å². The van der Waals surface area contributed by atoms with Crippen molar-refractivity contribution in [3.05, 3.63) is 48.2 Å². The van der Waals surface area contributed by atoms with E-state index in [4.69, 9.17) is 0 Å². The van der Waals surface area contributed by atoms with Gasteiger partial charge in [-0.2, -0.15) is 17.5 Å². The standard InChI is InChI=1S/C20H23F3N4O3S/c1-2-19(28)25-16-5-7-17(8-6-16)31(29,30)27-11-3-10-26(12-13-27)18-9-4-15(14-24-18)20(21,22)23/h4-9,14H,2-3,10-13H2,1H3,(H,25,28). The number of sulfonamides is 1. The monoisotopic (exact) mass is 456 g/mol. The molecule has 1 fully saturated rings. The highest BCUT2D eigenvalue weighted by molar-refractivity contribution is 7.89. The number of hydrogen-bond acceptors (Lipinski definition) is 5. The van der Waals surface area contributed by atoms with Gasteiger partial charge in [-0.25, -0.2) is 13.4 Å². The van der Waals surface area contributed by atoms with Crippen LogP contribution < -0.4 is 10.2 Å². The molecule has 1 amide bonds. The van der Waals surface area contributed by atoms with Gasteiger partial charge in [0.15, 0.2) is 0 Å². The Kier molecular flexibility index (Phi) is 6.85. The number of halogens is 3. The van der Waals surface area contributed by atoms with E-state index in [2.05, 4.69) is 10.3 Å². The van der Waals surface area contributed by atoms with Gasteiger partial charge in [0.25, 0.3) is 0 Å². The number of alkyl halides is 3. The van der Waals surface area contributed by atoms with Crippen LogP contribution in [0.15, 0.2) is 47.5 Å². The number of rotatable bonds is 5. The second kappa shape index (κ2) is 9.23. The maximum atomic E-state index is 13.0. The van der Waals surface area contributed by atoms with Crippen LogP contribution in [0, 0.1) is 0 Å². The molecule has 0 spiro atoms. The van der Waals surface area contributed by atoms with Crippen molar-refractivity contribution in [2.75, 3.05) is 36.4 Å². The fourth-order valence-corrected chi connectivity index (χ4v) is 4.68. The largest absolute Gasteiger partial charge is 0.417 e. The van der Waals surface area contributed by atoms with E-state index in [9.17, 15) is 26.4 Å². The molecule has 3 rings (SSSR count). The van der Waals surface area contributed by atoms with E-state index in [1.165, 1.54) is 34.6 Å². The number of anilines is 2. The second-order valence-corrected chi connectivity index (χ2v) is 9.01. The van der Waals surface area contributed by atoms with Gasteiger partial charge in [0, 0.05) is 44.5 Å². The summed E-state index contributed by atoms with van der Waals surface area (Å²) in [7, 11) is -3.74. The van der Waals surface area contributed by atoms with Gasteiger partial charge in [-0.3, -0.25) is 4.79 Å². The summed E-state index contributed by atoms with van der Waals surface area (Å²) >= 11 is 0. The van der Waals surface area contributed by atoms with E-state index in [-0.39, 0.29) is 23.9 Å². The first-order chi connectivity index (χ1) is 14.6. The number of carbonyl (C=O) groups excluding carboxylic acids is 1. The molecule has 1 aromatic heterocycles. The lowest BCUT2D eigenvalue weighted by Crippen LogP contribution is -2.35. The van der Waals surface area contributed by atoms with Crippen LogP contribution in [0.3, 0.4) is 0 Å². The molecular weight excluding hydrogens is 433 g/mol. The van der Waals surface area contributed by atoms with E-state index in [0.29, 0.717) is 37.4 Å². The first-order valence-corrected chi connectivity index (χ1v) is 11.2. The number of hydrogen-bond donors (Lipinski definition) is 1. The van der Waals surface area contributed by atoms with Gasteiger partial charge in [0.05, 0.1) is 10.5 Å². The predicted octanol–water partition coefficient (Wildman–Crippen LogP) is 3.35. The molecule has 0 radical (unpaired) electrons. The summed E-state index contributed by atoms with van der Waals surface area (Å²) in [6.07, 6.45) is -2.84. The predicted molar refractivity (Wildman–Crippen MR) is 110 cm³/mol. The summed E-state index contributed by atoms with van der Waals surface area (Å²) < 4.78 is 65.6. The lowest BCUT2D eigenvalue weighted by atomic mass is 10.2. The lowest BCUT2D eigenvalue weighted by Gasteiger charge is -2.23. The Morgan fingerprint density at radius 1 is 1.06 bits per heavy atom. The van der Waals surface area contributed by atoms with Gasteiger partial charge in [0.1, 0.15) is 5.82 Å². The Bertz CT molecular complexity index is 1010. The molecule has 1 aliphatic rings. The zero-order chi connectivity index (χ0) is 22.6. The molecular formula is C20H23F3N4O3S. The summed E-state index contributed by atoms with van der Waals surface area (Å²) in [5.74, 6) is 0.211. The van der Waals surface area contributed by atoms with Crippen LogP contribution in [0.5, 0.6) is 0 Å². The number of pyridine rings is 1. The number of nitrogens with zero attached hydrogens (tertiary/aromatic N) is 3. The van der Waals surface area contributed by atoms with Crippen molar-refractivity contribution in [2.24, 2.45) is 0 Å². The van der Waals surface area contributed by atoms with E-state index >= 15 is 0 Å². The van der Waals surface area contributed by atoms with E-state index in [1.807, 2.05) is 0 Å². The Hall–Kier alpha value is -2.66. The number of benzene rings is 1. The second-order valence-electron chi connectivity index (χ2n) is 7.07. The Balaban J connectivity index is 1.68. The average molecular weight is 456 g/mol. The third-order valence-corrected chi connectivity index (χ3v) is 6.86. The average Bonchev–Trinajstić information content (AvgIpc) is 3.00. The van der Waals surface area contributed by atoms with Crippen molar-refractivity contribution in [1.29, 1.82) is 0 Å². The minimum atomic E-state index is -4.45. The summed E-state index contributed by atoms with van der Waals surface area (Å²) in [4.78, 5) is 17.3.